The smallest absolute Gasteiger partial charge is 0.242 e. The highest BCUT2D eigenvalue weighted by Crippen LogP contribution is 2.43. The average Bonchev–Trinajstić information content (AvgIpc) is 3.26. The van der Waals surface area contributed by atoms with Gasteiger partial charge < -0.3 is 24.1 Å². The molecule has 3 aromatic carbocycles. The van der Waals surface area contributed by atoms with Crippen molar-refractivity contribution in [3.8, 4) is 5.88 Å². The third-order valence-electron chi connectivity index (χ3n) is 6.84. The summed E-state index contributed by atoms with van der Waals surface area (Å²) in [6, 6.07) is 29.6. The highest BCUT2D eigenvalue weighted by molar-refractivity contribution is 5.25. The molecule has 1 aromatic heterocycles. The summed E-state index contributed by atoms with van der Waals surface area (Å²) in [5.41, 5.74) is 3.82. The number of nitrogens with zero attached hydrogens (tertiary/aromatic N) is 2. The molecule has 7 nitrogen and oxygen atoms in total. The van der Waals surface area contributed by atoms with Gasteiger partial charge in [0.05, 0.1) is 31.2 Å². The molecule has 2 heterocycles. The maximum atomic E-state index is 12.1. The van der Waals surface area contributed by atoms with E-state index in [1.807, 2.05) is 97.9 Å². The molecule has 0 radical (unpaired) electrons. The molecule has 4 atom stereocenters. The third kappa shape index (κ3) is 6.34. The van der Waals surface area contributed by atoms with Crippen LogP contribution in [0.5, 0.6) is 5.88 Å². The molecule has 5 rings (SSSR count). The minimum absolute atomic E-state index is 0.281. The lowest BCUT2D eigenvalue weighted by Crippen LogP contribution is -2.45. The van der Waals surface area contributed by atoms with Crippen LogP contribution in [0, 0.1) is 6.92 Å². The number of aliphatic hydroxyl groups is 1. The average molecular weight is 527 g/mol. The molecule has 0 amide bonds. The summed E-state index contributed by atoms with van der Waals surface area (Å²) in [4.78, 5) is 9.15. The van der Waals surface area contributed by atoms with Crippen LogP contribution in [0.4, 0.5) is 0 Å². The minimum Gasteiger partial charge on any atom is -0.472 e. The quantitative estimate of drug-likeness (QED) is 0.277. The van der Waals surface area contributed by atoms with Gasteiger partial charge in [0.25, 0.3) is 0 Å². The van der Waals surface area contributed by atoms with E-state index in [0.29, 0.717) is 31.2 Å². The Hall–Kier alpha value is -3.62. The number of benzene rings is 3. The van der Waals surface area contributed by atoms with Crippen LogP contribution < -0.4 is 4.74 Å². The molecule has 1 saturated heterocycles. The summed E-state index contributed by atoms with van der Waals surface area (Å²) in [6.45, 7) is 4.80. The molecule has 0 bridgehead atoms. The predicted octanol–water partition coefficient (Wildman–Crippen LogP) is 5.49. The number of hydrogen-bond donors (Lipinski definition) is 1. The molecule has 7 heteroatoms. The summed E-state index contributed by atoms with van der Waals surface area (Å²) in [6.07, 6.45) is 0.363. The van der Waals surface area contributed by atoms with E-state index in [1.165, 1.54) is 6.20 Å². The van der Waals surface area contributed by atoms with Crippen molar-refractivity contribution in [2.75, 3.05) is 0 Å². The number of aromatic nitrogens is 2. The van der Waals surface area contributed by atoms with Crippen molar-refractivity contribution in [2.24, 2.45) is 0 Å². The van der Waals surface area contributed by atoms with Crippen LogP contribution in [0.25, 0.3) is 0 Å². The number of ether oxygens (including phenoxy) is 4. The molecule has 0 spiro atoms. The van der Waals surface area contributed by atoms with Gasteiger partial charge in [-0.3, -0.25) is 0 Å². The number of rotatable bonds is 11. The molecule has 4 aromatic rings. The Morgan fingerprint density at radius 2 is 1.33 bits per heavy atom. The van der Waals surface area contributed by atoms with E-state index in [4.69, 9.17) is 18.9 Å². The highest BCUT2D eigenvalue weighted by Gasteiger charge is 2.58. The lowest BCUT2D eigenvalue weighted by Gasteiger charge is -2.30. The van der Waals surface area contributed by atoms with Crippen LogP contribution in [0.2, 0.25) is 0 Å². The second-order valence-corrected chi connectivity index (χ2v) is 9.66. The molecule has 202 valence electrons. The number of aryl methyl sites for hydroxylation is 1. The normalized spacial score (nSPS) is 22.6. The van der Waals surface area contributed by atoms with E-state index >= 15 is 0 Å². The van der Waals surface area contributed by atoms with Gasteiger partial charge in [-0.15, -0.1) is 0 Å². The lowest BCUT2D eigenvalue weighted by atomic mass is 9.99. The second kappa shape index (κ2) is 12.5. The van der Waals surface area contributed by atoms with Crippen molar-refractivity contribution in [3.05, 3.63) is 125 Å². The van der Waals surface area contributed by atoms with Gasteiger partial charge in [0.15, 0.2) is 0 Å². The fourth-order valence-electron chi connectivity index (χ4n) is 4.83. The van der Waals surface area contributed by atoms with Crippen molar-refractivity contribution in [1.82, 2.24) is 9.97 Å². The molecule has 1 fully saturated rings. The first-order chi connectivity index (χ1) is 19.1. The summed E-state index contributed by atoms with van der Waals surface area (Å²) in [5.74, 6) is -1.49. The fourth-order valence-corrected chi connectivity index (χ4v) is 4.83. The van der Waals surface area contributed by atoms with Gasteiger partial charge >= 0.3 is 0 Å². The number of hydrogen-bond acceptors (Lipinski definition) is 7. The van der Waals surface area contributed by atoms with E-state index in [1.54, 1.807) is 6.92 Å². The van der Waals surface area contributed by atoms with E-state index < -0.39 is 24.1 Å². The summed E-state index contributed by atoms with van der Waals surface area (Å²) >= 11 is 0. The maximum absolute atomic E-state index is 12.1. The zero-order valence-corrected chi connectivity index (χ0v) is 22.3. The van der Waals surface area contributed by atoms with E-state index in [2.05, 4.69) is 9.97 Å². The van der Waals surface area contributed by atoms with Gasteiger partial charge in [0.1, 0.15) is 24.5 Å². The Labute approximate surface area is 229 Å². The van der Waals surface area contributed by atoms with Gasteiger partial charge in [-0.25, -0.2) is 9.97 Å². The second-order valence-electron chi connectivity index (χ2n) is 9.66. The predicted molar refractivity (Wildman–Crippen MR) is 147 cm³/mol. The van der Waals surface area contributed by atoms with E-state index in [9.17, 15) is 5.11 Å². The summed E-state index contributed by atoms with van der Waals surface area (Å²) in [7, 11) is 0. The largest absolute Gasteiger partial charge is 0.472 e. The third-order valence-corrected chi connectivity index (χ3v) is 6.84. The SMILES string of the molecule is CC[C@H]1OC(O)(c2ncc(OCc3ccccc3)nc2C)[C@@H](OCc2ccccc2)C1OCc1ccccc1. The molecular formula is C32H34N2O5. The van der Waals surface area contributed by atoms with Crippen LogP contribution in [0.1, 0.15) is 41.4 Å². The van der Waals surface area contributed by atoms with Crippen LogP contribution in [0.3, 0.4) is 0 Å². The lowest BCUT2D eigenvalue weighted by molar-refractivity contribution is -0.252. The standard InChI is InChI=1S/C32H34N2O5/c1-3-27-29(37-21-25-15-9-5-10-16-25)31(38-22-26-17-11-6-12-18-26)32(35,39-27)30-23(2)34-28(19-33-30)36-20-24-13-7-4-8-14-24/h4-19,27,29,31,35H,3,20-22H2,1-2H3/t27-,29?,31+,32?/m1/s1. The molecule has 2 unspecified atom stereocenters. The van der Waals surface area contributed by atoms with Crippen molar-refractivity contribution in [3.63, 3.8) is 0 Å². The van der Waals surface area contributed by atoms with Crippen molar-refractivity contribution in [2.45, 2.75) is 64.2 Å². The Kier molecular flexibility index (Phi) is 8.64. The molecular weight excluding hydrogens is 492 g/mol. The van der Waals surface area contributed by atoms with Crippen molar-refractivity contribution >= 4 is 0 Å². The van der Waals surface area contributed by atoms with Crippen molar-refractivity contribution in [1.29, 1.82) is 0 Å². The molecule has 0 aliphatic carbocycles. The first-order valence-corrected chi connectivity index (χ1v) is 13.3. The van der Waals surface area contributed by atoms with Crippen LogP contribution >= 0.6 is 0 Å². The fraction of sp³-hybridized carbons (Fsp3) is 0.312. The zero-order valence-electron chi connectivity index (χ0n) is 22.3. The van der Waals surface area contributed by atoms with E-state index in [0.717, 1.165) is 16.7 Å². The molecule has 1 aliphatic rings. The maximum Gasteiger partial charge on any atom is 0.242 e. The monoisotopic (exact) mass is 526 g/mol. The van der Waals surface area contributed by atoms with Crippen LogP contribution in [-0.2, 0) is 39.8 Å². The Balaban J connectivity index is 1.40. The molecule has 1 aliphatic heterocycles. The summed E-state index contributed by atoms with van der Waals surface area (Å²) < 4.78 is 24.9. The van der Waals surface area contributed by atoms with E-state index in [-0.39, 0.29) is 12.3 Å². The Morgan fingerprint density at radius 1 is 0.795 bits per heavy atom. The van der Waals surface area contributed by atoms with Gasteiger partial charge in [0.2, 0.25) is 11.7 Å². The van der Waals surface area contributed by atoms with Gasteiger partial charge in [-0.2, -0.15) is 0 Å². The zero-order chi connectivity index (χ0) is 27.1. The highest BCUT2D eigenvalue weighted by atomic mass is 16.7. The van der Waals surface area contributed by atoms with Crippen LogP contribution in [-0.4, -0.2) is 33.4 Å². The molecule has 39 heavy (non-hydrogen) atoms. The van der Waals surface area contributed by atoms with Gasteiger partial charge in [0, 0.05) is 0 Å². The van der Waals surface area contributed by atoms with Gasteiger partial charge in [-0.1, -0.05) is 97.9 Å². The van der Waals surface area contributed by atoms with Gasteiger partial charge in [-0.05, 0) is 30.0 Å². The topological polar surface area (TPSA) is 82.9 Å². The first-order valence-electron chi connectivity index (χ1n) is 13.3. The molecule has 0 saturated carbocycles. The Bertz CT molecular complexity index is 1320. The molecule has 1 N–H and O–H groups in total. The minimum atomic E-state index is -1.86. The van der Waals surface area contributed by atoms with Crippen LogP contribution in [0.15, 0.2) is 97.2 Å². The Morgan fingerprint density at radius 3 is 1.87 bits per heavy atom. The van der Waals surface area contributed by atoms with Crippen molar-refractivity contribution < 1.29 is 24.1 Å². The summed E-state index contributed by atoms with van der Waals surface area (Å²) in [5, 5.41) is 12.1. The first kappa shape index (κ1) is 27.0.